The number of Topliss-reactive ketones (excluding diaryl/α,β-unsaturated/α-hetero) is 1. The lowest BCUT2D eigenvalue weighted by Gasteiger charge is -2.14. The van der Waals surface area contributed by atoms with Crippen LogP contribution in [0.15, 0.2) is 0 Å². The smallest absolute Gasteiger partial charge is 0.135 e. The molecule has 15 heavy (non-hydrogen) atoms. The van der Waals surface area contributed by atoms with E-state index in [0.29, 0.717) is 5.78 Å². The standard InChI is InChI=1S/C14H28O/c1-5-7-8-9-13(6-2)10-11-14(15)12(3)4/h12-13H,5-11H2,1-4H3. The molecule has 0 rings (SSSR count). The van der Waals surface area contributed by atoms with Gasteiger partial charge in [0.15, 0.2) is 0 Å². The summed E-state index contributed by atoms with van der Waals surface area (Å²) in [5.41, 5.74) is 0. The van der Waals surface area contributed by atoms with Gasteiger partial charge in [-0.25, -0.2) is 0 Å². The number of carbonyl (C=O) groups excluding carboxylic acids is 1. The summed E-state index contributed by atoms with van der Waals surface area (Å²) in [5, 5.41) is 0. The van der Waals surface area contributed by atoms with Crippen LogP contribution in [0, 0.1) is 11.8 Å². The Morgan fingerprint density at radius 2 is 1.73 bits per heavy atom. The van der Waals surface area contributed by atoms with Crippen molar-refractivity contribution in [3.05, 3.63) is 0 Å². The van der Waals surface area contributed by atoms with Crippen molar-refractivity contribution in [3.8, 4) is 0 Å². The molecule has 1 nitrogen and oxygen atoms in total. The van der Waals surface area contributed by atoms with Crippen LogP contribution in [0.4, 0.5) is 0 Å². The number of carbonyl (C=O) groups is 1. The van der Waals surface area contributed by atoms with E-state index in [2.05, 4.69) is 13.8 Å². The van der Waals surface area contributed by atoms with Gasteiger partial charge in [0.2, 0.25) is 0 Å². The minimum atomic E-state index is 0.221. The molecule has 1 atom stereocenters. The number of hydrogen-bond acceptors (Lipinski definition) is 1. The first-order chi connectivity index (χ1) is 7.11. The van der Waals surface area contributed by atoms with E-state index < -0.39 is 0 Å². The molecule has 0 heterocycles. The molecule has 0 amide bonds. The van der Waals surface area contributed by atoms with Gasteiger partial charge in [0.1, 0.15) is 5.78 Å². The van der Waals surface area contributed by atoms with Gasteiger partial charge in [-0.1, -0.05) is 59.8 Å². The van der Waals surface area contributed by atoms with Gasteiger partial charge in [0.25, 0.3) is 0 Å². The third-order valence-corrected chi connectivity index (χ3v) is 3.24. The van der Waals surface area contributed by atoms with Crippen molar-refractivity contribution in [2.45, 2.75) is 72.6 Å². The average molecular weight is 212 g/mol. The fraction of sp³-hybridized carbons (Fsp3) is 0.929. The van der Waals surface area contributed by atoms with Gasteiger partial charge in [0.05, 0.1) is 0 Å². The number of unbranched alkanes of at least 4 members (excludes halogenated alkanes) is 2. The molecule has 90 valence electrons. The summed E-state index contributed by atoms with van der Waals surface area (Å²) in [4.78, 5) is 11.5. The highest BCUT2D eigenvalue weighted by Gasteiger charge is 2.11. The van der Waals surface area contributed by atoms with Crippen LogP contribution in [0.3, 0.4) is 0 Å². The Hall–Kier alpha value is -0.330. The van der Waals surface area contributed by atoms with Crippen LogP contribution < -0.4 is 0 Å². The van der Waals surface area contributed by atoms with E-state index in [-0.39, 0.29) is 5.92 Å². The van der Waals surface area contributed by atoms with E-state index in [4.69, 9.17) is 0 Å². The maximum absolute atomic E-state index is 11.5. The van der Waals surface area contributed by atoms with Crippen LogP contribution in [0.25, 0.3) is 0 Å². The molecule has 0 saturated heterocycles. The first kappa shape index (κ1) is 14.7. The van der Waals surface area contributed by atoms with E-state index >= 15 is 0 Å². The zero-order valence-electron chi connectivity index (χ0n) is 11.0. The van der Waals surface area contributed by atoms with E-state index in [9.17, 15) is 4.79 Å². The fourth-order valence-electron chi connectivity index (χ4n) is 1.87. The van der Waals surface area contributed by atoms with Gasteiger partial charge in [-0.15, -0.1) is 0 Å². The molecule has 0 spiro atoms. The zero-order valence-corrected chi connectivity index (χ0v) is 11.0. The predicted molar refractivity (Wildman–Crippen MR) is 67.0 cm³/mol. The maximum atomic E-state index is 11.5. The largest absolute Gasteiger partial charge is 0.299 e. The maximum Gasteiger partial charge on any atom is 0.135 e. The monoisotopic (exact) mass is 212 g/mol. The summed E-state index contributed by atoms with van der Waals surface area (Å²) >= 11 is 0. The summed E-state index contributed by atoms with van der Waals surface area (Å²) in [7, 11) is 0. The van der Waals surface area contributed by atoms with E-state index in [1.807, 2.05) is 13.8 Å². The van der Waals surface area contributed by atoms with Crippen molar-refractivity contribution in [2.24, 2.45) is 11.8 Å². The lowest BCUT2D eigenvalue weighted by molar-refractivity contribution is -0.122. The zero-order chi connectivity index (χ0) is 11.7. The van der Waals surface area contributed by atoms with Crippen molar-refractivity contribution >= 4 is 5.78 Å². The molecule has 0 saturated carbocycles. The number of rotatable bonds is 9. The summed E-state index contributed by atoms with van der Waals surface area (Å²) in [6, 6.07) is 0. The highest BCUT2D eigenvalue weighted by Crippen LogP contribution is 2.20. The molecule has 0 aromatic heterocycles. The van der Waals surface area contributed by atoms with Crippen molar-refractivity contribution in [3.63, 3.8) is 0 Å². The minimum absolute atomic E-state index is 0.221. The van der Waals surface area contributed by atoms with Crippen LogP contribution in [0.5, 0.6) is 0 Å². The first-order valence-electron chi connectivity index (χ1n) is 6.64. The van der Waals surface area contributed by atoms with Crippen molar-refractivity contribution in [1.29, 1.82) is 0 Å². The predicted octanol–water partition coefficient (Wildman–Crippen LogP) is 4.60. The molecule has 0 aliphatic carbocycles. The molecule has 1 unspecified atom stereocenters. The molecular weight excluding hydrogens is 184 g/mol. The lowest BCUT2D eigenvalue weighted by Crippen LogP contribution is -2.09. The fourth-order valence-corrected chi connectivity index (χ4v) is 1.87. The van der Waals surface area contributed by atoms with Crippen LogP contribution in [-0.4, -0.2) is 5.78 Å². The van der Waals surface area contributed by atoms with Crippen molar-refractivity contribution in [2.75, 3.05) is 0 Å². The molecule has 0 aromatic rings. The summed E-state index contributed by atoms with van der Waals surface area (Å²) in [6.45, 7) is 8.49. The van der Waals surface area contributed by atoms with Gasteiger partial charge < -0.3 is 0 Å². The summed E-state index contributed by atoms with van der Waals surface area (Å²) in [6.07, 6.45) is 8.42. The molecule has 0 aliphatic rings. The highest BCUT2D eigenvalue weighted by atomic mass is 16.1. The van der Waals surface area contributed by atoms with Gasteiger partial charge in [-0.05, 0) is 12.3 Å². The second-order valence-corrected chi connectivity index (χ2v) is 4.93. The Bertz CT molecular complexity index is 161. The van der Waals surface area contributed by atoms with Crippen LogP contribution >= 0.6 is 0 Å². The Labute approximate surface area is 95.6 Å². The molecule has 0 fully saturated rings. The molecule has 0 aliphatic heterocycles. The number of hydrogen-bond donors (Lipinski definition) is 0. The van der Waals surface area contributed by atoms with Crippen molar-refractivity contribution in [1.82, 2.24) is 0 Å². The average Bonchev–Trinajstić information content (AvgIpc) is 2.22. The van der Waals surface area contributed by atoms with Gasteiger partial charge >= 0.3 is 0 Å². The molecule has 0 N–H and O–H groups in total. The molecular formula is C14H28O. The summed E-state index contributed by atoms with van der Waals surface area (Å²) < 4.78 is 0. The first-order valence-corrected chi connectivity index (χ1v) is 6.64. The topological polar surface area (TPSA) is 17.1 Å². The normalized spacial score (nSPS) is 13.1. The lowest BCUT2D eigenvalue weighted by atomic mass is 9.91. The van der Waals surface area contributed by atoms with E-state index in [0.717, 1.165) is 18.8 Å². The molecule has 0 aromatic carbocycles. The third kappa shape index (κ3) is 7.58. The quantitative estimate of drug-likeness (QED) is 0.511. The van der Waals surface area contributed by atoms with Gasteiger partial charge in [-0.3, -0.25) is 4.79 Å². The molecule has 0 bridgehead atoms. The SMILES string of the molecule is CCCCCC(CC)CCC(=O)C(C)C. The second kappa shape index (κ2) is 8.94. The minimum Gasteiger partial charge on any atom is -0.299 e. The Kier molecular flexibility index (Phi) is 8.74. The van der Waals surface area contributed by atoms with Crippen LogP contribution in [0.1, 0.15) is 72.6 Å². The Morgan fingerprint density at radius 3 is 2.20 bits per heavy atom. The van der Waals surface area contributed by atoms with Crippen LogP contribution in [-0.2, 0) is 4.79 Å². The van der Waals surface area contributed by atoms with Gasteiger partial charge in [-0.2, -0.15) is 0 Å². The second-order valence-electron chi connectivity index (χ2n) is 4.93. The Balaban J connectivity index is 3.65. The van der Waals surface area contributed by atoms with Crippen molar-refractivity contribution < 1.29 is 4.79 Å². The van der Waals surface area contributed by atoms with Gasteiger partial charge in [0, 0.05) is 12.3 Å². The molecule has 0 radical (unpaired) electrons. The van der Waals surface area contributed by atoms with Crippen LogP contribution in [0.2, 0.25) is 0 Å². The molecule has 1 heteroatoms. The summed E-state index contributed by atoms with van der Waals surface area (Å²) in [5.74, 6) is 1.43. The van der Waals surface area contributed by atoms with E-state index in [1.165, 1.54) is 32.1 Å². The number of ketones is 1. The van der Waals surface area contributed by atoms with E-state index in [1.54, 1.807) is 0 Å². The third-order valence-electron chi connectivity index (χ3n) is 3.24. The Morgan fingerprint density at radius 1 is 1.07 bits per heavy atom. The highest BCUT2D eigenvalue weighted by molar-refractivity contribution is 5.80.